The fraction of sp³-hybridized carbons (Fsp3) is 0.118. The molecule has 0 radical (unpaired) electrons. The van der Waals surface area contributed by atoms with Gasteiger partial charge in [0.25, 0.3) is 5.69 Å². The highest BCUT2D eigenvalue weighted by Gasteiger charge is 2.09. The van der Waals surface area contributed by atoms with Crippen LogP contribution in [0.2, 0.25) is 0 Å². The van der Waals surface area contributed by atoms with E-state index in [0.717, 1.165) is 17.0 Å². The number of hydrogen-bond donors (Lipinski definition) is 0. The van der Waals surface area contributed by atoms with E-state index in [-0.39, 0.29) is 5.69 Å². The van der Waals surface area contributed by atoms with Crippen LogP contribution in [0.25, 0.3) is 11.3 Å². The molecule has 22 heavy (non-hydrogen) atoms. The van der Waals surface area contributed by atoms with Crippen LogP contribution in [0.4, 0.5) is 5.69 Å². The average Bonchev–Trinajstić information content (AvgIpc) is 2.89. The van der Waals surface area contributed by atoms with Gasteiger partial charge in [-0.2, -0.15) is 5.10 Å². The van der Waals surface area contributed by atoms with Gasteiger partial charge in [0.05, 0.1) is 17.2 Å². The van der Waals surface area contributed by atoms with E-state index in [1.54, 1.807) is 12.1 Å². The smallest absolute Gasteiger partial charge is 0.265 e. The lowest BCUT2D eigenvalue weighted by atomic mass is 10.1. The lowest BCUT2D eigenvalue weighted by Crippen LogP contribution is -2.03. The van der Waals surface area contributed by atoms with Gasteiger partial charge in [-0.25, -0.2) is 0 Å². The van der Waals surface area contributed by atoms with Crippen molar-refractivity contribution in [3.8, 4) is 11.3 Å². The highest BCUT2D eigenvalue weighted by atomic mass is 16.6. The van der Waals surface area contributed by atoms with Gasteiger partial charge in [0.1, 0.15) is 0 Å². The third-order valence-corrected chi connectivity index (χ3v) is 3.53. The highest BCUT2D eigenvalue weighted by Crippen LogP contribution is 2.22. The molecule has 0 unspecified atom stereocenters. The molecule has 0 atom stereocenters. The molecule has 0 fully saturated rings. The van der Waals surface area contributed by atoms with Crippen LogP contribution in [-0.4, -0.2) is 14.7 Å². The predicted octanol–water partition coefficient (Wildman–Crippen LogP) is 3.82. The summed E-state index contributed by atoms with van der Waals surface area (Å²) < 4.78 is 1.94. The second kappa shape index (κ2) is 5.81. The van der Waals surface area contributed by atoms with Crippen molar-refractivity contribution < 1.29 is 4.92 Å². The molecule has 0 amide bonds. The molecular formula is C17H15N3O2. The third-order valence-electron chi connectivity index (χ3n) is 3.53. The minimum absolute atomic E-state index is 0.0872. The molecule has 0 aliphatic carbocycles. The fourth-order valence-corrected chi connectivity index (χ4v) is 2.32. The third kappa shape index (κ3) is 2.88. The molecule has 1 aromatic heterocycles. The molecule has 3 aromatic rings. The van der Waals surface area contributed by atoms with E-state index in [9.17, 15) is 10.1 Å². The zero-order valence-electron chi connectivity index (χ0n) is 12.1. The lowest BCUT2D eigenvalue weighted by molar-refractivity contribution is -0.384. The van der Waals surface area contributed by atoms with Gasteiger partial charge in [-0.1, -0.05) is 30.3 Å². The Kier molecular flexibility index (Phi) is 3.70. The summed E-state index contributed by atoms with van der Waals surface area (Å²) in [6.07, 6.45) is 0. The Morgan fingerprint density at radius 1 is 1.09 bits per heavy atom. The van der Waals surface area contributed by atoms with Crippen LogP contribution in [0.3, 0.4) is 0 Å². The molecule has 0 bridgehead atoms. The highest BCUT2D eigenvalue weighted by molar-refractivity contribution is 5.61. The Hall–Kier alpha value is -2.95. The van der Waals surface area contributed by atoms with Crippen LogP contribution in [-0.2, 0) is 6.54 Å². The number of non-ortho nitro benzene ring substituents is 1. The average molecular weight is 293 g/mol. The quantitative estimate of drug-likeness (QED) is 0.542. The Balaban J connectivity index is 1.87. The van der Waals surface area contributed by atoms with Gasteiger partial charge < -0.3 is 0 Å². The molecule has 5 heteroatoms. The molecule has 1 heterocycles. The van der Waals surface area contributed by atoms with Gasteiger partial charge in [-0.15, -0.1) is 0 Å². The summed E-state index contributed by atoms with van der Waals surface area (Å²) in [6, 6.07) is 18.6. The zero-order valence-corrected chi connectivity index (χ0v) is 12.1. The first-order valence-corrected chi connectivity index (χ1v) is 6.97. The molecule has 2 aromatic carbocycles. The normalized spacial score (nSPS) is 10.6. The van der Waals surface area contributed by atoms with Crippen molar-refractivity contribution in [2.75, 3.05) is 0 Å². The summed E-state index contributed by atoms with van der Waals surface area (Å²) in [5.41, 5.74) is 4.02. The number of rotatable bonds is 4. The molecule has 5 nitrogen and oxygen atoms in total. The number of hydrogen-bond acceptors (Lipinski definition) is 3. The Morgan fingerprint density at radius 3 is 2.41 bits per heavy atom. The Labute approximate surface area is 128 Å². The van der Waals surface area contributed by atoms with Crippen molar-refractivity contribution in [2.24, 2.45) is 0 Å². The lowest BCUT2D eigenvalue weighted by Gasteiger charge is -2.04. The van der Waals surface area contributed by atoms with E-state index in [0.29, 0.717) is 6.54 Å². The maximum absolute atomic E-state index is 10.7. The van der Waals surface area contributed by atoms with Crippen LogP contribution in [0.5, 0.6) is 0 Å². The van der Waals surface area contributed by atoms with Crippen molar-refractivity contribution in [2.45, 2.75) is 13.5 Å². The van der Waals surface area contributed by atoms with E-state index in [4.69, 9.17) is 0 Å². The SMILES string of the molecule is Cc1cc(-c2ccc([N+](=O)[O-])cc2)nn1Cc1ccccc1. The van der Waals surface area contributed by atoms with E-state index in [1.807, 2.05) is 35.9 Å². The number of aromatic nitrogens is 2. The number of benzene rings is 2. The molecular weight excluding hydrogens is 278 g/mol. The number of aryl methyl sites for hydroxylation is 1. The van der Waals surface area contributed by atoms with Crippen LogP contribution >= 0.6 is 0 Å². The molecule has 0 saturated heterocycles. The largest absolute Gasteiger partial charge is 0.269 e. The topological polar surface area (TPSA) is 61.0 Å². The maximum atomic E-state index is 10.7. The van der Waals surface area contributed by atoms with Crippen molar-refractivity contribution >= 4 is 5.69 Å². The van der Waals surface area contributed by atoms with Gasteiger partial charge >= 0.3 is 0 Å². The first kappa shape index (κ1) is 14.0. The van der Waals surface area contributed by atoms with E-state index in [2.05, 4.69) is 17.2 Å². The second-order valence-corrected chi connectivity index (χ2v) is 5.12. The van der Waals surface area contributed by atoms with Gasteiger partial charge in [0.15, 0.2) is 0 Å². The van der Waals surface area contributed by atoms with Crippen LogP contribution < -0.4 is 0 Å². The Bertz CT molecular complexity index is 793. The first-order chi connectivity index (χ1) is 10.6. The zero-order chi connectivity index (χ0) is 15.5. The van der Waals surface area contributed by atoms with Crippen molar-refractivity contribution in [1.82, 2.24) is 9.78 Å². The summed E-state index contributed by atoms with van der Waals surface area (Å²) in [4.78, 5) is 10.3. The summed E-state index contributed by atoms with van der Waals surface area (Å²) in [5.74, 6) is 0. The second-order valence-electron chi connectivity index (χ2n) is 5.12. The summed E-state index contributed by atoms with van der Waals surface area (Å²) in [7, 11) is 0. The first-order valence-electron chi connectivity index (χ1n) is 6.97. The minimum atomic E-state index is -0.400. The summed E-state index contributed by atoms with van der Waals surface area (Å²) >= 11 is 0. The van der Waals surface area contributed by atoms with Crippen molar-refractivity contribution in [1.29, 1.82) is 0 Å². The summed E-state index contributed by atoms with van der Waals surface area (Å²) in [5, 5.41) is 15.3. The van der Waals surface area contributed by atoms with E-state index < -0.39 is 4.92 Å². The number of nitrogens with zero attached hydrogens (tertiary/aromatic N) is 3. The molecule has 0 spiro atoms. The molecule has 0 aliphatic heterocycles. The predicted molar refractivity (Wildman–Crippen MR) is 84.6 cm³/mol. The molecule has 110 valence electrons. The Morgan fingerprint density at radius 2 is 1.77 bits per heavy atom. The molecule has 0 aliphatic rings. The monoisotopic (exact) mass is 293 g/mol. The fourth-order valence-electron chi connectivity index (χ4n) is 2.32. The molecule has 0 N–H and O–H groups in total. The van der Waals surface area contributed by atoms with Crippen molar-refractivity contribution in [3.63, 3.8) is 0 Å². The van der Waals surface area contributed by atoms with E-state index in [1.165, 1.54) is 17.7 Å². The van der Waals surface area contributed by atoms with Crippen LogP contribution in [0, 0.1) is 17.0 Å². The van der Waals surface area contributed by atoms with Crippen molar-refractivity contribution in [3.05, 3.63) is 82.0 Å². The van der Waals surface area contributed by atoms with Crippen LogP contribution in [0.1, 0.15) is 11.3 Å². The standard InChI is InChI=1S/C17H15N3O2/c1-13-11-17(15-7-9-16(10-8-15)20(21)22)18-19(13)12-14-5-3-2-4-6-14/h2-11H,12H2,1H3. The van der Waals surface area contributed by atoms with Gasteiger partial charge in [-0.05, 0) is 30.7 Å². The van der Waals surface area contributed by atoms with Crippen LogP contribution in [0.15, 0.2) is 60.7 Å². The number of nitro benzene ring substituents is 1. The maximum Gasteiger partial charge on any atom is 0.269 e. The van der Waals surface area contributed by atoms with Gasteiger partial charge in [0, 0.05) is 23.4 Å². The van der Waals surface area contributed by atoms with Gasteiger partial charge in [-0.3, -0.25) is 14.8 Å². The van der Waals surface area contributed by atoms with Gasteiger partial charge in [0.2, 0.25) is 0 Å². The summed E-state index contributed by atoms with van der Waals surface area (Å²) in [6.45, 7) is 2.71. The molecule has 0 saturated carbocycles. The number of nitro groups is 1. The minimum Gasteiger partial charge on any atom is -0.265 e. The van der Waals surface area contributed by atoms with E-state index >= 15 is 0 Å². The molecule has 3 rings (SSSR count).